The molecule has 3 rings (SSSR count). The van der Waals surface area contributed by atoms with Crippen LogP contribution >= 0.6 is 11.3 Å². The van der Waals surface area contributed by atoms with Gasteiger partial charge in [0, 0.05) is 37.6 Å². The van der Waals surface area contributed by atoms with Crippen molar-refractivity contribution < 1.29 is 9.13 Å². The molecule has 3 nitrogen and oxygen atoms in total. The summed E-state index contributed by atoms with van der Waals surface area (Å²) in [7, 11) is 0. The number of halogens is 1. The molecule has 0 amide bonds. The molecule has 0 radical (unpaired) electrons. The van der Waals surface area contributed by atoms with Gasteiger partial charge in [-0.1, -0.05) is 12.1 Å². The summed E-state index contributed by atoms with van der Waals surface area (Å²) in [6.45, 7) is 9.78. The zero-order valence-electron chi connectivity index (χ0n) is 14.9. The van der Waals surface area contributed by atoms with Crippen molar-refractivity contribution in [3.05, 3.63) is 57.5 Å². The van der Waals surface area contributed by atoms with Gasteiger partial charge in [0.1, 0.15) is 5.82 Å². The van der Waals surface area contributed by atoms with Crippen LogP contribution in [0.15, 0.2) is 35.7 Å². The van der Waals surface area contributed by atoms with Crippen molar-refractivity contribution in [1.82, 2.24) is 9.80 Å². The maximum atomic E-state index is 13.5. The summed E-state index contributed by atoms with van der Waals surface area (Å²) in [5.74, 6) is -0.155. The molecule has 1 aromatic heterocycles. The fourth-order valence-corrected chi connectivity index (χ4v) is 4.17. The molecule has 0 unspecified atom stereocenters. The van der Waals surface area contributed by atoms with Gasteiger partial charge in [-0.3, -0.25) is 9.80 Å². The fraction of sp³-hybridized carbons (Fsp3) is 0.500. The van der Waals surface area contributed by atoms with Gasteiger partial charge < -0.3 is 4.74 Å². The van der Waals surface area contributed by atoms with Crippen LogP contribution in [0.1, 0.15) is 22.4 Å². The third-order valence-electron chi connectivity index (χ3n) is 4.68. The van der Waals surface area contributed by atoms with Gasteiger partial charge >= 0.3 is 0 Å². The van der Waals surface area contributed by atoms with Gasteiger partial charge in [-0.15, -0.1) is 11.3 Å². The number of rotatable bonds is 8. The molecular weight excluding hydrogens is 335 g/mol. The molecule has 0 spiro atoms. The summed E-state index contributed by atoms with van der Waals surface area (Å²) in [6, 6.07) is 9.15. The van der Waals surface area contributed by atoms with E-state index in [1.165, 1.54) is 16.5 Å². The normalized spacial score (nSPS) is 15.8. The Morgan fingerprint density at radius 2 is 2.04 bits per heavy atom. The van der Waals surface area contributed by atoms with Crippen LogP contribution in [-0.4, -0.2) is 49.2 Å². The largest absolute Gasteiger partial charge is 0.379 e. The molecule has 0 N–H and O–H groups in total. The first-order valence-corrected chi connectivity index (χ1v) is 9.88. The molecule has 25 heavy (non-hydrogen) atoms. The lowest BCUT2D eigenvalue weighted by Crippen LogP contribution is -2.38. The van der Waals surface area contributed by atoms with Crippen molar-refractivity contribution >= 4 is 11.3 Å². The van der Waals surface area contributed by atoms with E-state index in [2.05, 4.69) is 28.2 Å². The molecule has 0 atom stereocenters. The molecule has 0 aliphatic carbocycles. The Kier molecular flexibility index (Phi) is 6.99. The van der Waals surface area contributed by atoms with Crippen LogP contribution in [0.4, 0.5) is 4.39 Å². The molecule has 136 valence electrons. The van der Waals surface area contributed by atoms with Crippen LogP contribution in [0, 0.1) is 12.7 Å². The van der Waals surface area contributed by atoms with Crippen molar-refractivity contribution in [1.29, 1.82) is 0 Å². The molecule has 5 heteroatoms. The van der Waals surface area contributed by atoms with E-state index in [1.54, 1.807) is 12.1 Å². The van der Waals surface area contributed by atoms with E-state index < -0.39 is 0 Å². The van der Waals surface area contributed by atoms with Gasteiger partial charge in [0.25, 0.3) is 0 Å². The smallest absolute Gasteiger partial charge is 0.123 e. The van der Waals surface area contributed by atoms with E-state index in [4.69, 9.17) is 4.74 Å². The van der Waals surface area contributed by atoms with Crippen LogP contribution in [0.3, 0.4) is 0 Å². The molecular formula is C20H27FN2OS. The van der Waals surface area contributed by atoms with Gasteiger partial charge in [-0.05, 0) is 54.6 Å². The highest BCUT2D eigenvalue weighted by molar-refractivity contribution is 7.10. The number of morpholine rings is 1. The molecule has 1 aliphatic rings. The molecule has 2 heterocycles. The van der Waals surface area contributed by atoms with E-state index in [0.717, 1.165) is 64.5 Å². The summed E-state index contributed by atoms with van der Waals surface area (Å²) >= 11 is 1.81. The van der Waals surface area contributed by atoms with Crippen LogP contribution in [0.5, 0.6) is 0 Å². The maximum absolute atomic E-state index is 13.5. The first-order chi connectivity index (χ1) is 12.2. The number of nitrogens with zero attached hydrogens (tertiary/aromatic N) is 2. The van der Waals surface area contributed by atoms with Gasteiger partial charge in [0.15, 0.2) is 0 Å². The van der Waals surface area contributed by atoms with E-state index in [1.807, 2.05) is 17.4 Å². The lowest BCUT2D eigenvalue weighted by atomic mass is 10.2. The SMILES string of the molecule is Cc1ccsc1CN(CCCN1CCOCC1)Cc1cccc(F)c1. The second-order valence-corrected chi connectivity index (χ2v) is 7.68. The van der Waals surface area contributed by atoms with E-state index in [0.29, 0.717) is 0 Å². The van der Waals surface area contributed by atoms with Gasteiger partial charge in [0.05, 0.1) is 13.2 Å². The second-order valence-electron chi connectivity index (χ2n) is 6.67. The minimum absolute atomic E-state index is 0.155. The molecule has 1 aliphatic heterocycles. The number of benzene rings is 1. The highest BCUT2D eigenvalue weighted by Gasteiger charge is 2.13. The lowest BCUT2D eigenvalue weighted by Gasteiger charge is -2.28. The van der Waals surface area contributed by atoms with Crippen LogP contribution in [0.2, 0.25) is 0 Å². The Labute approximate surface area is 154 Å². The molecule has 2 aromatic rings. The van der Waals surface area contributed by atoms with Crippen molar-refractivity contribution in [2.75, 3.05) is 39.4 Å². The Morgan fingerprint density at radius 1 is 1.20 bits per heavy atom. The van der Waals surface area contributed by atoms with Gasteiger partial charge in [-0.2, -0.15) is 0 Å². The molecule has 0 saturated carbocycles. The summed E-state index contributed by atoms with van der Waals surface area (Å²) in [4.78, 5) is 6.32. The predicted octanol–water partition coefficient (Wildman–Crippen LogP) is 3.92. The molecule has 1 saturated heterocycles. The first kappa shape index (κ1) is 18.5. The standard InChI is InChI=1S/C20H27FN2OS/c1-17-6-13-25-20(17)16-23(15-18-4-2-5-19(21)14-18)8-3-7-22-9-11-24-12-10-22/h2,4-6,13-14H,3,7-12,15-16H2,1H3. The number of thiophene rings is 1. The summed E-state index contributed by atoms with van der Waals surface area (Å²) in [5.41, 5.74) is 2.39. The van der Waals surface area contributed by atoms with E-state index in [9.17, 15) is 4.39 Å². The summed E-state index contributed by atoms with van der Waals surface area (Å²) in [5, 5.41) is 2.15. The number of aryl methyl sites for hydroxylation is 1. The van der Waals surface area contributed by atoms with Gasteiger partial charge in [0.2, 0.25) is 0 Å². The molecule has 1 aromatic carbocycles. The average molecular weight is 363 g/mol. The Morgan fingerprint density at radius 3 is 2.76 bits per heavy atom. The van der Waals surface area contributed by atoms with Crippen LogP contribution < -0.4 is 0 Å². The van der Waals surface area contributed by atoms with Crippen molar-refractivity contribution in [2.45, 2.75) is 26.4 Å². The van der Waals surface area contributed by atoms with E-state index in [-0.39, 0.29) is 5.82 Å². The summed E-state index contributed by atoms with van der Waals surface area (Å²) < 4.78 is 18.9. The van der Waals surface area contributed by atoms with Crippen molar-refractivity contribution in [3.8, 4) is 0 Å². The van der Waals surface area contributed by atoms with Crippen LogP contribution in [0.25, 0.3) is 0 Å². The Hall–Kier alpha value is -1.27. The predicted molar refractivity (Wildman–Crippen MR) is 101 cm³/mol. The topological polar surface area (TPSA) is 15.7 Å². The second kappa shape index (κ2) is 9.43. The number of hydrogen-bond donors (Lipinski definition) is 0. The highest BCUT2D eigenvalue weighted by Crippen LogP contribution is 2.19. The first-order valence-electron chi connectivity index (χ1n) is 9.00. The minimum atomic E-state index is -0.155. The minimum Gasteiger partial charge on any atom is -0.379 e. The zero-order chi connectivity index (χ0) is 17.5. The zero-order valence-corrected chi connectivity index (χ0v) is 15.7. The van der Waals surface area contributed by atoms with Crippen molar-refractivity contribution in [2.24, 2.45) is 0 Å². The maximum Gasteiger partial charge on any atom is 0.123 e. The Bertz CT molecular complexity index is 655. The number of ether oxygens (including phenoxy) is 1. The van der Waals surface area contributed by atoms with Crippen molar-refractivity contribution in [3.63, 3.8) is 0 Å². The fourth-order valence-electron chi connectivity index (χ4n) is 3.22. The third kappa shape index (κ3) is 5.89. The molecule has 1 fully saturated rings. The van der Waals surface area contributed by atoms with Gasteiger partial charge in [-0.25, -0.2) is 4.39 Å². The van der Waals surface area contributed by atoms with Crippen LogP contribution in [-0.2, 0) is 17.8 Å². The molecule has 0 bridgehead atoms. The quantitative estimate of drug-likeness (QED) is 0.708. The lowest BCUT2D eigenvalue weighted by molar-refractivity contribution is 0.0359. The number of hydrogen-bond acceptors (Lipinski definition) is 4. The van der Waals surface area contributed by atoms with E-state index >= 15 is 0 Å². The monoisotopic (exact) mass is 362 g/mol. The third-order valence-corrected chi connectivity index (χ3v) is 5.69. The average Bonchev–Trinajstić information content (AvgIpc) is 3.01. The highest BCUT2D eigenvalue weighted by atomic mass is 32.1. The Balaban J connectivity index is 1.58. The summed E-state index contributed by atoms with van der Waals surface area (Å²) in [6.07, 6.45) is 1.12.